The van der Waals surface area contributed by atoms with E-state index in [1.807, 2.05) is 17.0 Å². The molecule has 0 radical (unpaired) electrons. The van der Waals surface area contributed by atoms with Gasteiger partial charge in [0.05, 0.1) is 12.7 Å². The number of hydrogen-bond donors (Lipinski definition) is 1. The molecule has 1 N–H and O–H groups in total. The lowest BCUT2D eigenvalue weighted by Crippen LogP contribution is -2.52. The van der Waals surface area contributed by atoms with E-state index >= 15 is 0 Å². The normalized spacial score (nSPS) is 26.8. The predicted octanol–water partition coefficient (Wildman–Crippen LogP) is 3.36. The molecule has 0 amide bonds. The summed E-state index contributed by atoms with van der Waals surface area (Å²) in [5, 5.41) is 8.03. The van der Waals surface area contributed by atoms with Crippen LogP contribution < -0.4 is 9.62 Å². The Hall–Kier alpha value is -2.17. The maximum Gasteiger partial charge on any atom is 0.372 e. The topological polar surface area (TPSA) is 84.4 Å². The van der Waals surface area contributed by atoms with Crippen LogP contribution in [0.25, 0.3) is 0 Å². The number of ether oxygens (including phenoxy) is 1. The van der Waals surface area contributed by atoms with Gasteiger partial charge in [0.1, 0.15) is 5.82 Å². The molecule has 1 aliphatic carbocycles. The van der Waals surface area contributed by atoms with Crippen molar-refractivity contribution < 1.29 is 21.4 Å². The van der Waals surface area contributed by atoms with Gasteiger partial charge in [-0.3, -0.25) is 0 Å². The number of hydrogen-bond acceptors (Lipinski definition) is 6. The van der Waals surface area contributed by atoms with E-state index in [9.17, 15) is 16.7 Å². The average Bonchev–Trinajstić information content (AvgIpc) is 2.78. The second-order valence-corrected chi connectivity index (χ2v) is 9.71. The van der Waals surface area contributed by atoms with Gasteiger partial charge >= 0.3 is 10.4 Å². The molecule has 0 spiro atoms. The second kappa shape index (κ2) is 10.2. The number of nitrogens with zero attached hydrogens (tertiary/aromatic N) is 3. The quantitative estimate of drug-likeness (QED) is 0.630. The first-order chi connectivity index (χ1) is 15.4. The van der Waals surface area contributed by atoms with Crippen LogP contribution in [0.1, 0.15) is 43.6 Å². The fourth-order valence-corrected chi connectivity index (χ4v) is 5.46. The molecule has 1 saturated heterocycles. The van der Waals surface area contributed by atoms with E-state index in [0.29, 0.717) is 37.9 Å². The van der Waals surface area contributed by atoms with E-state index < -0.39 is 16.5 Å². The smallest absolute Gasteiger partial charge is 0.372 e. The molecule has 10 heteroatoms. The van der Waals surface area contributed by atoms with Gasteiger partial charge in [0, 0.05) is 31.2 Å². The second-order valence-electron chi connectivity index (χ2n) is 8.60. The first-order valence-electron chi connectivity index (χ1n) is 11.0. The van der Waals surface area contributed by atoms with Crippen molar-refractivity contribution in [2.75, 3.05) is 24.6 Å². The minimum atomic E-state index is -4.81. The van der Waals surface area contributed by atoms with Crippen LogP contribution >= 0.6 is 0 Å². The molecule has 2 aliphatic rings. The van der Waals surface area contributed by atoms with E-state index in [1.165, 1.54) is 6.07 Å². The molecule has 1 aliphatic heterocycles. The van der Waals surface area contributed by atoms with Crippen molar-refractivity contribution in [2.45, 2.75) is 50.2 Å². The van der Waals surface area contributed by atoms with Gasteiger partial charge in [0.15, 0.2) is 5.82 Å². The Balaban J connectivity index is 1.34. The third kappa shape index (κ3) is 6.20. The summed E-state index contributed by atoms with van der Waals surface area (Å²) in [6, 6.07) is 9.86. The Bertz CT molecular complexity index is 988. The van der Waals surface area contributed by atoms with Gasteiger partial charge in [-0.05, 0) is 67.9 Å². The molecular formula is C22H28F2N4O3S. The Kier molecular flexibility index (Phi) is 7.32. The molecule has 1 aromatic carbocycles. The Labute approximate surface area is 187 Å². The highest BCUT2D eigenvalue weighted by molar-refractivity contribution is 7.84. The van der Waals surface area contributed by atoms with E-state index in [-0.39, 0.29) is 17.8 Å². The number of aromatic nitrogens is 2. The van der Waals surface area contributed by atoms with Crippen LogP contribution in [0, 0.1) is 11.7 Å². The molecule has 1 aromatic heterocycles. The molecule has 2 unspecified atom stereocenters. The number of rotatable bonds is 7. The number of piperidine rings is 1. The third-order valence-electron chi connectivity index (χ3n) is 6.45. The van der Waals surface area contributed by atoms with Gasteiger partial charge in [0.2, 0.25) is 0 Å². The average molecular weight is 467 g/mol. The molecular weight excluding hydrogens is 438 g/mol. The van der Waals surface area contributed by atoms with Crippen LogP contribution in [0.2, 0.25) is 0 Å². The summed E-state index contributed by atoms with van der Waals surface area (Å²) in [7, 11) is -4.81. The zero-order valence-corrected chi connectivity index (χ0v) is 18.6. The highest BCUT2D eigenvalue weighted by Crippen LogP contribution is 2.34. The fraction of sp³-hybridized carbons (Fsp3) is 0.545. The van der Waals surface area contributed by atoms with Crippen LogP contribution in [0.5, 0.6) is 0 Å². The van der Waals surface area contributed by atoms with Crippen molar-refractivity contribution in [1.29, 1.82) is 0 Å². The summed E-state index contributed by atoms with van der Waals surface area (Å²) < 4.78 is 57.6. The zero-order valence-electron chi connectivity index (χ0n) is 17.7. The minimum absolute atomic E-state index is 0.0503. The van der Waals surface area contributed by atoms with Gasteiger partial charge in [0.25, 0.3) is 0 Å². The molecule has 1 saturated carbocycles. The summed E-state index contributed by atoms with van der Waals surface area (Å²) in [6.45, 7) is 1.35. The van der Waals surface area contributed by atoms with Crippen molar-refractivity contribution in [3.05, 3.63) is 54.0 Å². The Morgan fingerprint density at radius 1 is 1.12 bits per heavy atom. The monoisotopic (exact) mass is 466 g/mol. The molecule has 4 rings (SSSR count). The maximum atomic E-state index is 13.5. The van der Waals surface area contributed by atoms with Gasteiger partial charge in [-0.15, -0.1) is 5.10 Å². The van der Waals surface area contributed by atoms with Gasteiger partial charge in [-0.2, -0.15) is 18.2 Å². The minimum Gasteiger partial charge on any atom is -0.378 e. The lowest BCUT2D eigenvalue weighted by molar-refractivity contribution is -0.00224. The molecule has 7 nitrogen and oxygen atoms in total. The summed E-state index contributed by atoms with van der Waals surface area (Å²) in [4.78, 5) is 2.02. The Morgan fingerprint density at radius 2 is 1.94 bits per heavy atom. The van der Waals surface area contributed by atoms with Crippen LogP contribution in [-0.4, -0.2) is 50.5 Å². The van der Waals surface area contributed by atoms with Crippen LogP contribution in [0.15, 0.2) is 42.6 Å². The molecule has 2 fully saturated rings. The van der Waals surface area contributed by atoms with E-state index in [2.05, 4.69) is 14.9 Å². The molecule has 0 bridgehead atoms. The summed E-state index contributed by atoms with van der Waals surface area (Å²) in [6.07, 6.45) is 5.60. The van der Waals surface area contributed by atoms with E-state index in [4.69, 9.17) is 4.74 Å². The van der Waals surface area contributed by atoms with Crippen molar-refractivity contribution in [2.24, 2.45) is 5.92 Å². The first kappa shape index (κ1) is 23.0. The van der Waals surface area contributed by atoms with Crippen molar-refractivity contribution in [3.8, 4) is 0 Å². The zero-order chi connectivity index (χ0) is 22.6. The summed E-state index contributed by atoms with van der Waals surface area (Å²) in [5.74, 6) is 0.581. The lowest BCUT2D eigenvalue weighted by atomic mass is 9.82. The van der Waals surface area contributed by atoms with Crippen molar-refractivity contribution in [1.82, 2.24) is 14.9 Å². The SMILES string of the molecule is O=S(=O)(F)NC1CCN(c2cccnn2)CC1CO[C@H]1CC[C@@H](c2cccc(F)c2)CC1. The number of halogens is 2. The van der Waals surface area contributed by atoms with Crippen molar-refractivity contribution >= 4 is 16.2 Å². The summed E-state index contributed by atoms with van der Waals surface area (Å²) in [5.41, 5.74) is 1.02. The molecule has 2 atom stereocenters. The summed E-state index contributed by atoms with van der Waals surface area (Å²) >= 11 is 0. The van der Waals surface area contributed by atoms with Crippen molar-refractivity contribution in [3.63, 3.8) is 0 Å². The van der Waals surface area contributed by atoms with Gasteiger partial charge in [-0.25, -0.2) is 4.39 Å². The highest BCUT2D eigenvalue weighted by Gasteiger charge is 2.34. The van der Waals surface area contributed by atoms with Crippen LogP contribution in [0.4, 0.5) is 14.1 Å². The first-order valence-corrected chi connectivity index (χ1v) is 12.4. The number of anilines is 1. The van der Waals surface area contributed by atoms with Crippen LogP contribution in [0.3, 0.4) is 0 Å². The third-order valence-corrected chi connectivity index (χ3v) is 7.03. The van der Waals surface area contributed by atoms with Gasteiger partial charge < -0.3 is 9.64 Å². The maximum absolute atomic E-state index is 13.5. The number of nitrogens with one attached hydrogen (secondary N) is 1. The van der Waals surface area contributed by atoms with E-state index in [1.54, 1.807) is 24.4 Å². The molecule has 2 heterocycles. The predicted molar refractivity (Wildman–Crippen MR) is 117 cm³/mol. The number of benzene rings is 1. The van der Waals surface area contributed by atoms with Gasteiger partial charge in [-0.1, -0.05) is 16.0 Å². The standard InChI is InChI=1S/C22H28F2N4O3S/c23-19-4-1-3-17(13-19)16-6-8-20(9-7-16)31-15-18-14-28(22-5-2-11-25-26-22)12-10-21(18)27-32(24,29)30/h1-5,11,13,16,18,20-21,27H,6-10,12,14-15H2/t16-,18?,20+,21?. The highest BCUT2D eigenvalue weighted by atomic mass is 32.3. The molecule has 2 aromatic rings. The molecule has 32 heavy (non-hydrogen) atoms. The molecule has 174 valence electrons. The lowest BCUT2D eigenvalue weighted by Gasteiger charge is -2.39. The van der Waals surface area contributed by atoms with E-state index in [0.717, 1.165) is 31.2 Å². The largest absolute Gasteiger partial charge is 0.378 e. The fourth-order valence-electron chi connectivity index (χ4n) is 4.79. The Morgan fingerprint density at radius 3 is 2.62 bits per heavy atom. The van der Waals surface area contributed by atoms with Crippen LogP contribution in [-0.2, 0) is 15.1 Å².